The maximum Gasteiger partial charge on any atom is 0.229 e. The number of anilines is 1. The summed E-state index contributed by atoms with van der Waals surface area (Å²) in [6.45, 7) is 4.10. The van der Waals surface area contributed by atoms with Crippen LogP contribution in [0, 0.1) is 11.3 Å². The van der Waals surface area contributed by atoms with Crippen LogP contribution in [0.3, 0.4) is 0 Å². The molecular weight excluding hydrogens is 166 g/mol. The maximum absolute atomic E-state index is 8.59. The molecule has 13 heavy (non-hydrogen) atoms. The first kappa shape index (κ1) is 9.59. The molecule has 0 spiro atoms. The van der Waals surface area contributed by atoms with Crippen LogP contribution < -0.4 is 5.73 Å². The van der Waals surface area contributed by atoms with Crippen LogP contribution in [-0.4, -0.2) is 4.98 Å². The van der Waals surface area contributed by atoms with Crippen molar-refractivity contribution in [1.82, 2.24) is 4.98 Å². The highest BCUT2D eigenvalue weighted by Crippen LogP contribution is 2.23. The Kier molecular flexibility index (Phi) is 2.91. The van der Waals surface area contributed by atoms with Crippen molar-refractivity contribution in [2.45, 2.75) is 32.6 Å². The summed E-state index contributed by atoms with van der Waals surface area (Å²) in [5, 5.41) is 8.59. The second-order valence-electron chi connectivity index (χ2n) is 3.07. The summed E-state index contributed by atoms with van der Waals surface area (Å²) in [5.74, 6) is 0.922. The van der Waals surface area contributed by atoms with E-state index in [0.29, 0.717) is 5.89 Å². The van der Waals surface area contributed by atoms with Gasteiger partial charge in [-0.05, 0) is 6.42 Å². The number of hydrogen-bond acceptors (Lipinski definition) is 4. The summed E-state index contributed by atoms with van der Waals surface area (Å²) in [7, 11) is 0. The van der Waals surface area contributed by atoms with Crippen LogP contribution in [0.4, 0.5) is 5.88 Å². The molecule has 1 aromatic rings. The van der Waals surface area contributed by atoms with Crippen LogP contribution in [0.1, 0.15) is 44.2 Å². The minimum Gasteiger partial charge on any atom is -0.424 e. The number of aromatic nitrogens is 1. The quantitative estimate of drug-likeness (QED) is 0.770. The molecule has 0 saturated heterocycles. The SMILES string of the molecule is CCCC(C)c1nc(C#N)c(N)o1. The van der Waals surface area contributed by atoms with Gasteiger partial charge in [-0.25, -0.2) is 4.98 Å². The van der Waals surface area contributed by atoms with Crippen LogP contribution in [-0.2, 0) is 0 Å². The van der Waals surface area contributed by atoms with Gasteiger partial charge in [-0.3, -0.25) is 0 Å². The predicted molar refractivity (Wildman–Crippen MR) is 49.0 cm³/mol. The standard InChI is InChI=1S/C9H13N3O/c1-3-4-6(2)9-12-7(5-10)8(11)13-9/h6H,3-4,11H2,1-2H3. The van der Waals surface area contributed by atoms with Crippen molar-refractivity contribution in [3.8, 4) is 6.07 Å². The van der Waals surface area contributed by atoms with E-state index in [9.17, 15) is 0 Å². The Morgan fingerprint density at radius 2 is 2.38 bits per heavy atom. The van der Waals surface area contributed by atoms with Gasteiger partial charge in [0.25, 0.3) is 0 Å². The lowest BCUT2D eigenvalue weighted by Crippen LogP contribution is -1.92. The third kappa shape index (κ3) is 2.00. The number of hydrogen-bond donors (Lipinski definition) is 1. The van der Waals surface area contributed by atoms with Gasteiger partial charge in [0.2, 0.25) is 17.5 Å². The predicted octanol–water partition coefficient (Wildman–Crippen LogP) is 2.03. The molecule has 4 heteroatoms. The van der Waals surface area contributed by atoms with Gasteiger partial charge < -0.3 is 10.2 Å². The van der Waals surface area contributed by atoms with E-state index in [1.54, 1.807) is 0 Å². The Hall–Kier alpha value is -1.50. The average molecular weight is 179 g/mol. The van der Waals surface area contributed by atoms with E-state index in [-0.39, 0.29) is 17.5 Å². The van der Waals surface area contributed by atoms with Gasteiger partial charge in [-0.2, -0.15) is 5.26 Å². The Balaban J connectivity index is 2.85. The minimum atomic E-state index is 0.125. The van der Waals surface area contributed by atoms with Crippen molar-refractivity contribution in [3.63, 3.8) is 0 Å². The molecule has 70 valence electrons. The molecular formula is C9H13N3O. The van der Waals surface area contributed by atoms with Gasteiger partial charge in [0, 0.05) is 5.92 Å². The van der Waals surface area contributed by atoms with E-state index in [4.69, 9.17) is 15.4 Å². The van der Waals surface area contributed by atoms with Crippen molar-refractivity contribution < 1.29 is 4.42 Å². The molecule has 0 amide bonds. The molecule has 0 fully saturated rings. The van der Waals surface area contributed by atoms with Crippen molar-refractivity contribution in [2.24, 2.45) is 0 Å². The summed E-state index contributed by atoms with van der Waals surface area (Å²) >= 11 is 0. The Bertz CT molecular complexity index is 324. The van der Waals surface area contributed by atoms with Crippen LogP contribution in [0.25, 0.3) is 0 Å². The van der Waals surface area contributed by atoms with Crippen molar-refractivity contribution in [2.75, 3.05) is 5.73 Å². The van der Waals surface area contributed by atoms with Crippen LogP contribution in [0.15, 0.2) is 4.42 Å². The van der Waals surface area contributed by atoms with Crippen molar-refractivity contribution in [3.05, 3.63) is 11.6 Å². The highest BCUT2D eigenvalue weighted by molar-refractivity contribution is 5.40. The second kappa shape index (κ2) is 3.94. The van der Waals surface area contributed by atoms with Gasteiger partial charge in [0.15, 0.2) is 0 Å². The first-order valence-electron chi connectivity index (χ1n) is 4.35. The smallest absolute Gasteiger partial charge is 0.229 e. The van der Waals surface area contributed by atoms with Gasteiger partial charge >= 0.3 is 0 Å². The molecule has 1 unspecified atom stereocenters. The zero-order chi connectivity index (χ0) is 9.84. The molecule has 2 N–H and O–H groups in total. The Labute approximate surface area is 77.4 Å². The topological polar surface area (TPSA) is 75.8 Å². The van der Waals surface area contributed by atoms with E-state index < -0.39 is 0 Å². The molecule has 1 aromatic heterocycles. The first-order chi connectivity index (χ1) is 6.19. The molecule has 1 atom stereocenters. The fourth-order valence-electron chi connectivity index (χ4n) is 1.20. The number of rotatable bonds is 3. The van der Waals surface area contributed by atoms with E-state index in [2.05, 4.69) is 11.9 Å². The summed E-state index contributed by atoms with van der Waals surface area (Å²) in [6.07, 6.45) is 2.05. The summed E-state index contributed by atoms with van der Waals surface area (Å²) in [4.78, 5) is 3.99. The normalized spacial score (nSPS) is 12.4. The molecule has 0 aromatic carbocycles. The Morgan fingerprint density at radius 3 is 2.85 bits per heavy atom. The van der Waals surface area contributed by atoms with Crippen LogP contribution in [0.5, 0.6) is 0 Å². The first-order valence-corrected chi connectivity index (χ1v) is 4.35. The zero-order valence-electron chi connectivity index (χ0n) is 7.87. The van der Waals surface area contributed by atoms with E-state index in [0.717, 1.165) is 12.8 Å². The summed E-state index contributed by atoms with van der Waals surface area (Å²) < 4.78 is 5.16. The number of nitrogens with zero attached hydrogens (tertiary/aromatic N) is 2. The second-order valence-corrected chi connectivity index (χ2v) is 3.07. The van der Waals surface area contributed by atoms with Gasteiger partial charge in [0.1, 0.15) is 6.07 Å². The molecule has 0 aliphatic rings. The third-order valence-corrected chi connectivity index (χ3v) is 1.92. The summed E-state index contributed by atoms with van der Waals surface area (Å²) in [5.41, 5.74) is 5.63. The highest BCUT2D eigenvalue weighted by atomic mass is 16.4. The van der Waals surface area contributed by atoms with Crippen molar-refractivity contribution in [1.29, 1.82) is 5.26 Å². The van der Waals surface area contributed by atoms with Gasteiger partial charge in [0.05, 0.1) is 0 Å². The lowest BCUT2D eigenvalue weighted by molar-refractivity contribution is 0.455. The molecule has 1 rings (SSSR count). The average Bonchev–Trinajstić information content (AvgIpc) is 2.47. The lowest BCUT2D eigenvalue weighted by atomic mass is 10.1. The molecule has 4 nitrogen and oxygen atoms in total. The number of nitrogens with two attached hydrogens (primary N) is 1. The highest BCUT2D eigenvalue weighted by Gasteiger charge is 2.14. The summed E-state index contributed by atoms with van der Waals surface area (Å²) in [6, 6.07) is 1.88. The van der Waals surface area contributed by atoms with Crippen molar-refractivity contribution >= 4 is 5.88 Å². The number of nitriles is 1. The van der Waals surface area contributed by atoms with E-state index in [1.165, 1.54) is 0 Å². The fraction of sp³-hybridized carbons (Fsp3) is 0.556. The number of oxazole rings is 1. The number of nitrogen functional groups attached to an aromatic ring is 1. The molecule has 1 heterocycles. The molecule has 0 aliphatic carbocycles. The monoisotopic (exact) mass is 179 g/mol. The zero-order valence-corrected chi connectivity index (χ0v) is 7.87. The Morgan fingerprint density at radius 1 is 1.69 bits per heavy atom. The molecule has 0 bridgehead atoms. The van der Waals surface area contributed by atoms with Gasteiger partial charge in [-0.1, -0.05) is 20.3 Å². The largest absolute Gasteiger partial charge is 0.424 e. The van der Waals surface area contributed by atoms with E-state index >= 15 is 0 Å². The van der Waals surface area contributed by atoms with E-state index in [1.807, 2.05) is 13.0 Å². The van der Waals surface area contributed by atoms with Gasteiger partial charge in [-0.15, -0.1) is 0 Å². The molecule has 0 aliphatic heterocycles. The van der Waals surface area contributed by atoms with Crippen LogP contribution >= 0.6 is 0 Å². The minimum absolute atomic E-state index is 0.125. The van der Waals surface area contributed by atoms with Crippen LogP contribution in [0.2, 0.25) is 0 Å². The molecule has 0 saturated carbocycles. The molecule has 0 radical (unpaired) electrons. The fourth-order valence-corrected chi connectivity index (χ4v) is 1.20. The third-order valence-electron chi connectivity index (χ3n) is 1.92. The lowest BCUT2D eigenvalue weighted by Gasteiger charge is -2.02. The maximum atomic E-state index is 8.59.